The molecule has 1 N–H and O–H groups in total. The number of ketones is 1. The van der Waals surface area contributed by atoms with Gasteiger partial charge in [0.1, 0.15) is 5.76 Å². The first kappa shape index (κ1) is 17.5. The molecule has 0 spiro atoms. The zero-order chi connectivity index (χ0) is 19.0. The van der Waals surface area contributed by atoms with Crippen molar-refractivity contribution in [3.05, 3.63) is 87.9 Å². The van der Waals surface area contributed by atoms with Crippen LogP contribution in [0.5, 0.6) is 0 Å². The van der Waals surface area contributed by atoms with Gasteiger partial charge in [-0.2, -0.15) is 0 Å². The highest BCUT2D eigenvalue weighted by Crippen LogP contribution is 2.42. The normalized spacial score (nSPS) is 18.9. The number of aliphatic hydroxyl groups excluding tert-OH is 1. The Morgan fingerprint density at radius 1 is 1.07 bits per heavy atom. The topological polar surface area (TPSA) is 70.5 Å². The van der Waals surface area contributed by atoms with Crippen LogP contribution in [0.25, 0.3) is 5.76 Å². The maximum Gasteiger partial charge on any atom is 0.301 e. The molecule has 0 aliphatic carbocycles. The number of carbonyl (C=O) groups excluding carboxylic acids is 2. The first-order valence-electron chi connectivity index (χ1n) is 8.09. The van der Waals surface area contributed by atoms with Crippen molar-refractivity contribution in [2.24, 2.45) is 0 Å². The summed E-state index contributed by atoms with van der Waals surface area (Å²) >= 11 is 7.17. The minimum absolute atomic E-state index is 0.0312. The Morgan fingerprint density at radius 3 is 2.41 bits per heavy atom. The Morgan fingerprint density at radius 2 is 1.78 bits per heavy atom. The van der Waals surface area contributed by atoms with E-state index in [1.807, 2.05) is 30.3 Å². The molecule has 1 aromatic heterocycles. The first-order valence-corrected chi connectivity index (χ1v) is 9.35. The lowest BCUT2D eigenvalue weighted by molar-refractivity contribution is -0.132. The third-order valence-corrected chi connectivity index (χ3v) is 5.33. The fraction of sp³-hybridized carbons (Fsp3) is 0.0500. The van der Waals surface area contributed by atoms with Gasteiger partial charge in [-0.25, -0.2) is 4.98 Å². The molecule has 0 saturated carbocycles. The van der Waals surface area contributed by atoms with E-state index in [1.54, 1.807) is 35.8 Å². The quantitative estimate of drug-likeness (QED) is 0.404. The van der Waals surface area contributed by atoms with Gasteiger partial charge in [0.15, 0.2) is 5.13 Å². The van der Waals surface area contributed by atoms with E-state index in [4.69, 9.17) is 11.6 Å². The molecule has 5 nitrogen and oxygen atoms in total. The third kappa shape index (κ3) is 3.03. The van der Waals surface area contributed by atoms with Gasteiger partial charge in [-0.1, -0.05) is 41.9 Å². The van der Waals surface area contributed by atoms with Gasteiger partial charge in [-0.3, -0.25) is 14.5 Å². The average molecular weight is 397 g/mol. The van der Waals surface area contributed by atoms with Gasteiger partial charge in [-0.05, 0) is 29.8 Å². The minimum Gasteiger partial charge on any atom is -0.507 e. The summed E-state index contributed by atoms with van der Waals surface area (Å²) in [6.45, 7) is 0. The Kier molecular flexibility index (Phi) is 4.51. The lowest BCUT2D eigenvalue weighted by atomic mass is 9.95. The first-order chi connectivity index (χ1) is 13.1. The van der Waals surface area contributed by atoms with Gasteiger partial charge in [0.25, 0.3) is 5.78 Å². The van der Waals surface area contributed by atoms with E-state index < -0.39 is 17.7 Å². The number of thiazole rings is 1. The van der Waals surface area contributed by atoms with Crippen molar-refractivity contribution in [3.8, 4) is 0 Å². The van der Waals surface area contributed by atoms with Crippen molar-refractivity contribution in [1.29, 1.82) is 0 Å². The average Bonchev–Trinajstić information content (AvgIpc) is 3.30. The Hall–Kier alpha value is -2.96. The van der Waals surface area contributed by atoms with Gasteiger partial charge in [-0.15, -0.1) is 11.3 Å². The fourth-order valence-electron chi connectivity index (χ4n) is 3.08. The standard InChI is InChI=1S/C20H13ClN2O3S/c21-14-8-6-13(7-9-14)17(24)15-16(12-4-2-1-3-5-12)23(19(26)18(15)25)20-22-10-11-27-20/h1-11,16,24H/b17-15+. The molecule has 1 atom stereocenters. The number of hydrogen-bond donors (Lipinski definition) is 1. The third-order valence-electron chi connectivity index (χ3n) is 4.30. The molecule has 27 heavy (non-hydrogen) atoms. The van der Waals surface area contributed by atoms with Crippen molar-refractivity contribution in [3.63, 3.8) is 0 Å². The molecule has 7 heteroatoms. The van der Waals surface area contributed by atoms with E-state index >= 15 is 0 Å². The number of carbonyl (C=O) groups is 2. The second-order valence-corrected chi connectivity index (χ2v) is 7.21. The zero-order valence-corrected chi connectivity index (χ0v) is 15.4. The van der Waals surface area contributed by atoms with Crippen molar-refractivity contribution < 1.29 is 14.7 Å². The van der Waals surface area contributed by atoms with Crippen LogP contribution in [0.3, 0.4) is 0 Å². The molecule has 1 saturated heterocycles. The van der Waals surface area contributed by atoms with Gasteiger partial charge < -0.3 is 5.11 Å². The van der Waals surface area contributed by atoms with Crippen LogP contribution < -0.4 is 4.90 Å². The summed E-state index contributed by atoms with van der Waals surface area (Å²) in [5.41, 5.74) is 1.16. The summed E-state index contributed by atoms with van der Waals surface area (Å²) in [6, 6.07) is 14.8. The van der Waals surface area contributed by atoms with E-state index in [9.17, 15) is 14.7 Å². The van der Waals surface area contributed by atoms with Gasteiger partial charge >= 0.3 is 5.91 Å². The Bertz CT molecular complexity index is 1030. The Labute approximate surface area is 164 Å². The molecule has 1 unspecified atom stereocenters. The van der Waals surface area contributed by atoms with Crippen molar-refractivity contribution in [2.45, 2.75) is 6.04 Å². The van der Waals surface area contributed by atoms with E-state index in [1.165, 1.54) is 16.2 Å². The highest BCUT2D eigenvalue weighted by molar-refractivity contribution is 7.14. The number of aliphatic hydroxyl groups is 1. The Balaban J connectivity index is 1.93. The monoisotopic (exact) mass is 396 g/mol. The smallest absolute Gasteiger partial charge is 0.301 e. The lowest BCUT2D eigenvalue weighted by Gasteiger charge is -2.22. The number of halogens is 1. The number of Topliss-reactive ketones (excluding diaryl/α,β-unsaturated/α-hetero) is 1. The predicted octanol–water partition coefficient (Wildman–Crippen LogP) is 4.42. The summed E-state index contributed by atoms with van der Waals surface area (Å²) in [6.07, 6.45) is 1.57. The largest absolute Gasteiger partial charge is 0.507 e. The summed E-state index contributed by atoms with van der Waals surface area (Å²) in [5, 5.41) is 13.5. The molecular weight excluding hydrogens is 384 g/mol. The van der Waals surface area contributed by atoms with Gasteiger partial charge in [0, 0.05) is 22.2 Å². The van der Waals surface area contributed by atoms with E-state index in [0.717, 1.165) is 0 Å². The number of nitrogens with zero attached hydrogens (tertiary/aromatic N) is 2. The number of aromatic nitrogens is 1. The van der Waals surface area contributed by atoms with Crippen LogP contribution in [0.2, 0.25) is 5.02 Å². The van der Waals surface area contributed by atoms with Crippen molar-refractivity contribution in [2.75, 3.05) is 4.90 Å². The molecule has 4 rings (SSSR count). The summed E-state index contributed by atoms with van der Waals surface area (Å²) in [7, 11) is 0. The van der Waals surface area contributed by atoms with Crippen LogP contribution >= 0.6 is 22.9 Å². The molecular formula is C20H13ClN2O3S. The highest BCUT2D eigenvalue weighted by atomic mass is 35.5. The van der Waals surface area contributed by atoms with Crippen molar-refractivity contribution >= 4 is 45.5 Å². The summed E-state index contributed by atoms with van der Waals surface area (Å²) in [5.74, 6) is -1.70. The predicted molar refractivity (Wildman–Crippen MR) is 105 cm³/mol. The minimum atomic E-state index is -0.756. The molecule has 0 radical (unpaired) electrons. The molecule has 2 aromatic carbocycles. The fourth-order valence-corrected chi connectivity index (χ4v) is 3.87. The second-order valence-electron chi connectivity index (χ2n) is 5.90. The molecule has 1 aliphatic rings. The van der Waals surface area contributed by atoms with Crippen LogP contribution in [0, 0.1) is 0 Å². The number of amides is 1. The van der Waals surface area contributed by atoms with Crippen LogP contribution in [-0.2, 0) is 9.59 Å². The van der Waals surface area contributed by atoms with E-state index in [2.05, 4.69) is 4.98 Å². The van der Waals surface area contributed by atoms with Gasteiger partial charge in [0.2, 0.25) is 0 Å². The number of rotatable bonds is 3. The van der Waals surface area contributed by atoms with E-state index in [0.29, 0.717) is 21.3 Å². The number of benzene rings is 2. The summed E-state index contributed by atoms with van der Waals surface area (Å²) in [4.78, 5) is 31.1. The molecule has 0 bridgehead atoms. The number of anilines is 1. The SMILES string of the molecule is O=C1C(=O)N(c2nccs2)C(c2ccccc2)/C1=C(\O)c1ccc(Cl)cc1. The molecule has 134 valence electrons. The van der Waals surface area contributed by atoms with Crippen LogP contribution in [0.4, 0.5) is 5.13 Å². The van der Waals surface area contributed by atoms with Crippen LogP contribution in [0.1, 0.15) is 17.2 Å². The van der Waals surface area contributed by atoms with Gasteiger partial charge in [0.05, 0.1) is 11.6 Å². The molecule has 1 fully saturated rings. The number of hydrogen-bond acceptors (Lipinski definition) is 5. The van der Waals surface area contributed by atoms with Crippen LogP contribution in [-0.4, -0.2) is 21.8 Å². The maximum atomic E-state index is 12.8. The maximum absolute atomic E-state index is 12.8. The highest BCUT2D eigenvalue weighted by Gasteiger charge is 2.47. The molecule has 2 heterocycles. The lowest BCUT2D eigenvalue weighted by Crippen LogP contribution is -2.29. The molecule has 1 aliphatic heterocycles. The van der Waals surface area contributed by atoms with E-state index in [-0.39, 0.29) is 11.3 Å². The van der Waals surface area contributed by atoms with Crippen molar-refractivity contribution in [1.82, 2.24) is 4.98 Å². The zero-order valence-electron chi connectivity index (χ0n) is 13.9. The van der Waals surface area contributed by atoms with Crippen LogP contribution in [0.15, 0.2) is 71.7 Å². The summed E-state index contributed by atoms with van der Waals surface area (Å²) < 4.78 is 0. The second kappa shape index (κ2) is 6.98. The molecule has 3 aromatic rings. The molecule has 1 amide bonds.